The van der Waals surface area contributed by atoms with E-state index in [4.69, 9.17) is 22.0 Å². The van der Waals surface area contributed by atoms with E-state index < -0.39 is 7.60 Å². The minimum atomic E-state index is -3.78. The molecule has 7 heteroatoms. The van der Waals surface area contributed by atoms with Crippen LogP contribution < -0.4 is 5.32 Å². The molecule has 15 heavy (non-hydrogen) atoms. The average molecular weight is 271 g/mol. The lowest BCUT2D eigenvalue weighted by atomic mass is 10.1. The number of unbranched alkanes of at least 4 members (excludes halogenated alkanes) is 4. The van der Waals surface area contributed by atoms with Crippen LogP contribution in [-0.2, 0) is 4.57 Å². The van der Waals surface area contributed by atoms with Gasteiger partial charge in [0.2, 0.25) is 0 Å². The van der Waals surface area contributed by atoms with E-state index in [0.717, 1.165) is 32.2 Å². The quantitative estimate of drug-likeness (QED) is 0.235. The molecule has 0 bridgehead atoms. The second-order valence-corrected chi connectivity index (χ2v) is 6.32. The number of hydrogen-bond donors (Lipinski definition) is 4. The summed E-state index contributed by atoms with van der Waals surface area (Å²) in [5.74, 6) is 0. The highest BCUT2D eigenvalue weighted by Crippen LogP contribution is 2.35. The molecular formula is C8H18NO3PS2. The largest absolute Gasteiger partial charge is 0.371 e. The van der Waals surface area contributed by atoms with E-state index in [0.29, 0.717) is 10.7 Å². The molecule has 0 aromatic heterocycles. The van der Waals surface area contributed by atoms with Crippen molar-refractivity contribution in [2.45, 2.75) is 32.1 Å². The molecule has 0 aromatic rings. The molecule has 3 N–H and O–H groups in total. The van der Waals surface area contributed by atoms with Crippen molar-refractivity contribution in [1.82, 2.24) is 5.32 Å². The molecule has 0 spiro atoms. The van der Waals surface area contributed by atoms with Gasteiger partial charge < -0.3 is 15.1 Å². The van der Waals surface area contributed by atoms with E-state index in [1.165, 1.54) is 0 Å². The van der Waals surface area contributed by atoms with Crippen LogP contribution in [0.2, 0.25) is 0 Å². The summed E-state index contributed by atoms with van der Waals surface area (Å²) in [5.41, 5.74) is 0. The van der Waals surface area contributed by atoms with Crippen molar-refractivity contribution >= 4 is 36.8 Å². The van der Waals surface area contributed by atoms with Crippen LogP contribution in [0.1, 0.15) is 32.1 Å². The van der Waals surface area contributed by atoms with E-state index in [9.17, 15) is 4.57 Å². The van der Waals surface area contributed by atoms with Gasteiger partial charge in [0.25, 0.3) is 0 Å². The summed E-state index contributed by atoms with van der Waals surface area (Å²) in [6.45, 7) is 0.820. The lowest BCUT2D eigenvalue weighted by Crippen LogP contribution is -2.17. The molecule has 0 unspecified atom stereocenters. The van der Waals surface area contributed by atoms with E-state index >= 15 is 0 Å². The van der Waals surface area contributed by atoms with Crippen LogP contribution in [0.15, 0.2) is 0 Å². The first-order valence-corrected chi connectivity index (χ1v) is 7.58. The fraction of sp³-hybridized carbons (Fsp3) is 0.875. The van der Waals surface area contributed by atoms with E-state index in [1.807, 2.05) is 0 Å². The summed E-state index contributed by atoms with van der Waals surface area (Å²) in [5, 5.41) is 2.93. The first-order chi connectivity index (χ1) is 6.92. The lowest BCUT2D eigenvalue weighted by molar-refractivity contribution is 0.370. The van der Waals surface area contributed by atoms with Crippen molar-refractivity contribution in [3.8, 4) is 0 Å². The molecule has 4 nitrogen and oxygen atoms in total. The third-order valence-electron chi connectivity index (χ3n) is 1.90. The van der Waals surface area contributed by atoms with Gasteiger partial charge in [0, 0.05) is 12.7 Å². The zero-order valence-electron chi connectivity index (χ0n) is 8.56. The Balaban J connectivity index is 3.12. The average Bonchev–Trinajstić information content (AvgIpc) is 2.07. The fourth-order valence-electron chi connectivity index (χ4n) is 1.17. The van der Waals surface area contributed by atoms with Crippen molar-refractivity contribution in [1.29, 1.82) is 0 Å². The zero-order chi connectivity index (χ0) is 11.7. The Bertz CT molecular complexity index is 232. The van der Waals surface area contributed by atoms with Crippen LogP contribution in [0.3, 0.4) is 0 Å². The molecule has 0 aliphatic carbocycles. The Morgan fingerprint density at radius 1 is 1.20 bits per heavy atom. The van der Waals surface area contributed by atoms with Gasteiger partial charge in [-0.05, 0) is 12.8 Å². The minimum absolute atomic E-state index is 0.00593. The molecule has 0 atom stereocenters. The van der Waals surface area contributed by atoms with Crippen LogP contribution in [0.5, 0.6) is 0 Å². The standard InChI is InChI=1S/C8H18NO3PS2/c10-13(11,12)7-5-3-1-2-4-6-9-8(14)15/h1-7H2,(H2,9,14,15)(H2,10,11,12). The normalized spacial score (nSPS) is 11.4. The second-order valence-electron chi connectivity index (χ2n) is 3.39. The van der Waals surface area contributed by atoms with Gasteiger partial charge >= 0.3 is 7.60 Å². The highest BCUT2D eigenvalue weighted by molar-refractivity contribution is 8.11. The third kappa shape index (κ3) is 14.4. The minimum Gasteiger partial charge on any atom is -0.371 e. The van der Waals surface area contributed by atoms with Crippen LogP contribution in [-0.4, -0.2) is 26.8 Å². The first kappa shape index (κ1) is 15.4. The van der Waals surface area contributed by atoms with Gasteiger partial charge in [-0.15, -0.1) is 12.6 Å². The summed E-state index contributed by atoms with van der Waals surface area (Å²) in [7, 11) is -3.78. The monoisotopic (exact) mass is 271 g/mol. The predicted molar refractivity (Wildman–Crippen MR) is 69.6 cm³/mol. The zero-order valence-corrected chi connectivity index (χ0v) is 11.2. The van der Waals surface area contributed by atoms with Gasteiger partial charge in [0.15, 0.2) is 0 Å². The van der Waals surface area contributed by atoms with Crippen LogP contribution in [0.25, 0.3) is 0 Å². The number of nitrogens with one attached hydrogen (secondary N) is 1. The Morgan fingerprint density at radius 3 is 2.27 bits per heavy atom. The van der Waals surface area contributed by atoms with E-state index in [-0.39, 0.29) is 6.16 Å². The molecule has 0 saturated heterocycles. The summed E-state index contributed by atoms with van der Waals surface area (Å²) in [6.07, 6.45) is 4.53. The summed E-state index contributed by atoms with van der Waals surface area (Å²) < 4.78 is 11.0. The molecular weight excluding hydrogens is 253 g/mol. The van der Waals surface area contributed by atoms with Crippen molar-refractivity contribution in [2.24, 2.45) is 0 Å². The maximum Gasteiger partial charge on any atom is 0.325 e. The van der Waals surface area contributed by atoms with Crippen LogP contribution in [0, 0.1) is 0 Å². The van der Waals surface area contributed by atoms with Crippen LogP contribution >= 0.6 is 32.4 Å². The molecule has 0 rings (SSSR count). The fourth-order valence-corrected chi connectivity index (χ4v) is 2.02. The Morgan fingerprint density at radius 2 is 1.73 bits per heavy atom. The highest BCUT2D eigenvalue weighted by Gasteiger charge is 2.10. The molecule has 0 fully saturated rings. The summed E-state index contributed by atoms with van der Waals surface area (Å²) >= 11 is 8.64. The van der Waals surface area contributed by atoms with Crippen molar-refractivity contribution in [3.05, 3.63) is 0 Å². The van der Waals surface area contributed by atoms with Crippen molar-refractivity contribution < 1.29 is 14.4 Å². The SMILES string of the molecule is O=P(O)(O)CCCCCCCNC(=S)S. The maximum absolute atomic E-state index is 10.5. The maximum atomic E-state index is 10.5. The third-order valence-corrected chi connectivity index (χ3v) is 3.10. The number of thiol groups is 1. The van der Waals surface area contributed by atoms with Gasteiger partial charge in [0.1, 0.15) is 4.32 Å². The molecule has 90 valence electrons. The highest BCUT2D eigenvalue weighted by atomic mass is 32.1. The molecule has 0 amide bonds. The lowest BCUT2D eigenvalue weighted by Gasteiger charge is -2.04. The van der Waals surface area contributed by atoms with Gasteiger partial charge in [-0.2, -0.15) is 0 Å². The molecule has 0 heterocycles. The Labute approximate surface area is 101 Å². The first-order valence-electron chi connectivity index (χ1n) is 4.93. The molecule has 0 radical (unpaired) electrons. The number of rotatable bonds is 8. The summed E-state index contributed by atoms with van der Waals surface area (Å²) in [6, 6.07) is 0. The Kier molecular flexibility index (Phi) is 8.75. The van der Waals surface area contributed by atoms with Gasteiger partial charge in [0.05, 0.1) is 0 Å². The van der Waals surface area contributed by atoms with E-state index in [2.05, 4.69) is 17.9 Å². The van der Waals surface area contributed by atoms with Gasteiger partial charge in [-0.3, -0.25) is 4.57 Å². The van der Waals surface area contributed by atoms with Crippen molar-refractivity contribution in [3.63, 3.8) is 0 Å². The number of thiocarbonyl (C=S) groups is 1. The second kappa shape index (κ2) is 8.53. The molecule has 0 aliphatic heterocycles. The van der Waals surface area contributed by atoms with Gasteiger partial charge in [-0.25, -0.2) is 0 Å². The topological polar surface area (TPSA) is 69.6 Å². The van der Waals surface area contributed by atoms with E-state index in [1.54, 1.807) is 0 Å². The predicted octanol–water partition coefficient (Wildman–Crippen LogP) is 1.92. The molecule has 0 saturated carbocycles. The molecule has 0 aliphatic rings. The smallest absolute Gasteiger partial charge is 0.325 e. The van der Waals surface area contributed by atoms with Crippen LogP contribution in [0.4, 0.5) is 0 Å². The summed E-state index contributed by atoms with van der Waals surface area (Å²) in [4.78, 5) is 17.2. The van der Waals surface area contributed by atoms with Crippen molar-refractivity contribution in [2.75, 3.05) is 12.7 Å². The molecule has 0 aromatic carbocycles. The number of hydrogen-bond acceptors (Lipinski definition) is 2. The van der Waals surface area contributed by atoms with Gasteiger partial charge in [-0.1, -0.05) is 31.5 Å². The Hall–Kier alpha value is 0.390.